The van der Waals surface area contributed by atoms with E-state index in [1.54, 1.807) is 6.07 Å². The van der Waals surface area contributed by atoms with Gasteiger partial charge in [-0.25, -0.2) is 9.36 Å². The molecule has 2 aromatic heterocycles. The van der Waals surface area contributed by atoms with Crippen LogP contribution in [0.1, 0.15) is 34.0 Å². The van der Waals surface area contributed by atoms with Crippen LogP contribution in [0.25, 0.3) is 16.6 Å². The number of rotatable bonds is 2. The zero-order chi connectivity index (χ0) is 21.0. The van der Waals surface area contributed by atoms with Crippen molar-refractivity contribution >= 4 is 10.9 Å². The minimum absolute atomic E-state index is 0.127. The summed E-state index contributed by atoms with van der Waals surface area (Å²) in [7, 11) is 0. The van der Waals surface area contributed by atoms with E-state index in [-0.39, 0.29) is 11.4 Å². The Morgan fingerprint density at radius 2 is 1.87 bits per heavy atom. The molecular weight excluding hydrogens is 380 g/mol. The van der Waals surface area contributed by atoms with Crippen molar-refractivity contribution in [2.45, 2.75) is 26.3 Å². The minimum Gasteiger partial charge on any atom is -0.494 e. The Kier molecular flexibility index (Phi) is 4.15. The van der Waals surface area contributed by atoms with Crippen LogP contribution in [0, 0.1) is 13.8 Å². The minimum atomic E-state index is -0.666. The van der Waals surface area contributed by atoms with E-state index in [0.717, 1.165) is 39.7 Å². The molecular formula is C23H22N4O3. The van der Waals surface area contributed by atoms with Gasteiger partial charge in [-0.05, 0) is 43.5 Å². The number of aromatic amines is 2. The molecule has 0 saturated heterocycles. The highest BCUT2D eigenvalue weighted by Gasteiger charge is 2.31. The summed E-state index contributed by atoms with van der Waals surface area (Å²) in [6, 6.07) is 13.0. The van der Waals surface area contributed by atoms with Gasteiger partial charge in [0.2, 0.25) is 5.88 Å². The van der Waals surface area contributed by atoms with E-state index < -0.39 is 17.3 Å². The molecule has 0 fully saturated rings. The average molecular weight is 402 g/mol. The lowest BCUT2D eigenvalue weighted by Gasteiger charge is -2.25. The molecule has 4 N–H and O–H groups in total. The summed E-state index contributed by atoms with van der Waals surface area (Å²) < 4.78 is 1.17. The summed E-state index contributed by atoms with van der Waals surface area (Å²) in [5.74, 6) is -0.347. The first-order valence-electron chi connectivity index (χ1n) is 9.94. The van der Waals surface area contributed by atoms with E-state index >= 15 is 0 Å². The van der Waals surface area contributed by atoms with Crippen LogP contribution >= 0.6 is 0 Å². The lowest BCUT2D eigenvalue weighted by Crippen LogP contribution is -2.38. The normalized spacial score (nSPS) is 16.0. The van der Waals surface area contributed by atoms with Gasteiger partial charge in [0, 0.05) is 23.1 Å². The van der Waals surface area contributed by atoms with Gasteiger partial charge < -0.3 is 15.4 Å². The Labute approximate surface area is 172 Å². The van der Waals surface area contributed by atoms with Crippen molar-refractivity contribution in [3.63, 3.8) is 0 Å². The van der Waals surface area contributed by atoms with Crippen LogP contribution in [0.3, 0.4) is 0 Å². The van der Waals surface area contributed by atoms with E-state index in [9.17, 15) is 14.7 Å². The van der Waals surface area contributed by atoms with Gasteiger partial charge in [-0.1, -0.05) is 35.9 Å². The average Bonchev–Trinajstić information content (AvgIpc) is 3.09. The summed E-state index contributed by atoms with van der Waals surface area (Å²) in [5.41, 5.74) is 4.22. The number of para-hydroxylation sites is 1. The molecule has 7 nitrogen and oxygen atoms in total. The molecule has 0 amide bonds. The summed E-state index contributed by atoms with van der Waals surface area (Å²) in [6.45, 7) is 4.48. The number of aryl methyl sites for hydroxylation is 2. The number of fused-ring (bicyclic) bond motifs is 3. The van der Waals surface area contributed by atoms with E-state index in [1.807, 2.05) is 50.2 Å². The van der Waals surface area contributed by atoms with Crippen molar-refractivity contribution in [1.29, 1.82) is 0 Å². The van der Waals surface area contributed by atoms with Crippen molar-refractivity contribution in [3.05, 3.63) is 91.3 Å². The molecule has 0 radical (unpaired) electrons. The zero-order valence-electron chi connectivity index (χ0n) is 16.7. The van der Waals surface area contributed by atoms with Gasteiger partial charge in [-0.3, -0.25) is 9.78 Å². The maximum atomic E-state index is 12.8. The van der Waals surface area contributed by atoms with Gasteiger partial charge in [-0.2, -0.15) is 0 Å². The standard InChI is InChI=1S/C23H22N4O3/c1-12-7-8-17(13(2)11-12)27-22(29)18(21(28)26-23(27)30)20-19-15(9-10-24-20)14-5-3-4-6-16(14)25-19/h3-8,11,20,24-25,29H,9-10H2,1-2H3,(H,26,28,30). The highest BCUT2D eigenvalue weighted by Crippen LogP contribution is 2.35. The molecule has 5 rings (SSSR count). The second-order valence-electron chi connectivity index (χ2n) is 7.82. The second-order valence-corrected chi connectivity index (χ2v) is 7.82. The molecule has 1 atom stereocenters. The molecule has 0 spiro atoms. The van der Waals surface area contributed by atoms with Crippen LogP contribution in [0.4, 0.5) is 0 Å². The van der Waals surface area contributed by atoms with E-state index in [0.29, 0.717) is 12.2 Å². The molecule has 30 heavy (non-hydrogen) atoms. The predicted octanol–water partition coefficient (Wildman–Crippen LogP) is 2.56. The molecule has 1 aliphatic rings. The number of H-pyrrole nitrogens is 2. The van der Waals surface area contributed by atoms with E-state index in [1.165, 1.54) is 4.57 Å². The molecule has 0 bridgehead atoms. The fraction of sp³-hybridized carbons (Fsp3) is 0.217. The first kappa shape index (κ1) is 18.4. The third kappa shape index (κ3) is 2.70. The van der Waals surface area contributed by atoms with Crippen LogP contribution in [0.2, 0.25) is 0 Å². The summed E-state index contributed by atoms with van der Waals surface area (Å²) in [6.07, 6.45) is 0.811. The first-order chi connectivity index (χ1) is 14.5. The molecule has 7 heteroatoms. The van der Waals surface area contributed by atoms with Crippen molar-refractivity contribution in [2.24, 2.45) is 0 Å². The fourth-order valence-electron chi connectivity index (χ4n) is 4.51. The van der Waals surface area contributed by atoms with Crippen molar-refractivity contribution in [2.75, 3.05) is 6.54 Å². The first-order valence-corrected chi connectivity index (χ1v) is 9.94. The second kappa shape index (κ2) is 6.74. The third-order valence-corrected chi connectivity index (χ3v) is 5.86. The molecule has 152 valence electrons. The highest BCUT2D eigenvalue weighted by molar-refractivity contribution is 5.85. The molecule has 1 unspecified atom stereocenters. The van der Waals surface area contributed by atoms with Crippen LogP contribution in [0.5, 0.6) is 5.88 Å². The van der Waals surface area contributed by atoms with Gasteiger partial charge in [-0.15, -0.1) is 0 Å². The lowest BCUT2D eigenvalue weighted by molar-refractivity contribution is 0.409. The van der Waals surface area contributed by atoms with Crippen molar-refractivity contribution in [1.82, 2.24) is 19.9 Å². The Morgan fingerprint density at radius 3 is 2.67 bits per heavy atom. The number of benzene rings is 2. The topological polar surface area (TPSA) is 103 Å². The number of aromatic hydroxyl groups is 1. The maximum absolute atomic E-state index is 12.8. The molecule has 4 aromatic rings. The number of hydrogen-bond donors (Lipinski definition) is 4. The summed E-state index contributed by atoms with van der Waals surface area (Å²) in [5, 5.41) is 15.6. The summed E-state index contributed by atoms with van der Waals surface area (Å²) >= 11 is 0. The van der Waals surface area contributed by atoms with Crippen LogP contribution in [0.15, 0.2) is 52.1 Å². The SMILES string of the molecule is Cc1ccc(-n2c(O)c(C3NCCc4c3[nH]c3ccccc43)c(=O)[nH]c2=O)c(C)c1. The van der Waals surface area contributed by atoms with Crippen LogP contribution in [-0.2, 0) is 6.42 Å². The van der Waals surface area contributed by atoms with Crippen molar-refractivity contribution < 1.29 is 5.11 Å². The number of nitrogens with one attached hydrogen (secondary N) is 3. The van der Waals surface area contributed by atoms with E-state index in [4.69, 9.17) is 0 Å². The molecule has 0 aliphatic carbocycles. The van der Waals surface area contributed by atoms with Gasteiger partial charge in [0.1, 0.15) is 5.56 Å². The fourth-order valence-corrected chi connectivity index (χ4v) is 4.51. The third-order valence-electron chi connectivity index (χ3n) is 5.86. The lowest BCUT2D eigenvalue weighted by atomic mass is 9.95. The summed E-state index contributed by atoms with van der Waals surface area (Å²) in [4.78, 5) is 31.3. The van der Waals surface area contributed by atoms with Gasteiger partial charge >= 0.3 is 5.69 Å². The molecule has 3 heterocycles. The highest BCUT2D eigenvalue weighted by atomic mass is 16.3. The largest absolute Gasteiger partial charge is 0.494 e. The smallest absolute Gasteiger partial charge is 0.335 e. The van der Waals surface area contributed by atoms with Crippen LogP contribution < -0.4 is 16.6 Å². The number of nitrogens with zero attached hydrogens (tertiary/aromatic N) is 1. The maximum Gasteiger partial charge on any atom is 0.335 e. The Balaban J connectivity index is 1.76. The monoisotopic (exact) mass is 402 g/mol. The Morgan fingerprint density at radius 1 is 1.07 bits per heavy atom. The van der Waals surface area contributed by atoms with Crippen LogP contribution in [-0.4, -0.2) is 26.2 Å². The predicted molar refractivity (Wildman–Crippen MR) is 116 cm³/mol. The Bertz CT molecular complexity index is 1410. The van der Waals surface area contributed by atoms with Gasteiger partial charge in [0.05, 0.1) is 11.7 Å². The number of aromatic nitrogens is 3. The Hall–Kier alpha value is -3.58. The number of hydrogen-bond acceptors (Lipinski definition) is 4. The molecule has 0 saturated carbocycles. The van der Waals surface area contributed by atoms with E-state index in [2.05, 4.69) is 15.3 Å². The van der Waals surface area contributed by atoms with Gasteiger partial charge in [0.25, 0.3) is 5.56 Å². The zero-order valence-corrected chi connectivity index (χ0v) is 16.7. The quantitative estimate of drug-likeness (QED) is 0.414. The van der Waals surface area contributed by atoms with Gasteiger partial charge in [0.15, 0.2) is 0 Å². The molecule has 2 aromatic carbocycles. The van der Waals surface area contributed by atoms with Crippen molar-refractivity contribution in [3.8, 4) is 11.6 Å². The molecule has 1 aliphatic heterocycles.